The van der Waals surface area contributed by atoms with E-state index in [1.54, 1.807) is 0 Å². The molecule has 0 aromatic heterocycles. The predicted molar refractivity (Wildman–Crippen MR) is 53.6 cm³/mol. The average Bonchev–Trinajstić information content (AvgIpc) is 2.47. The molecule has 0 amide bonds. The van der Waals surface area contributed by atoms with Gasteiger partial charge in [-0.15, -0.1) is 0 Å². The maximum atomic E-state index is 11.3. The summed E-state index contributed by atoms with van der Waals surface area (Å²) < 4.78 is 22.6. The Kier molecular flexibility index (Phi) is 1.74. The van der Waals surface area contributed by atoms with Crippen molar-refractivity contribution in [2.75, 3.05) is 6.26 Å². The first kappa shape index (κ1) is 9.00. The molecule has 2 heterocycles. The Morgan fingerprint density at radius 2 is 2.14 bits per heavy atom. The van der Waals surface area contributed by atoms with Gasteiger partial charge in [-0.3, -0.25) is 4.99 Å². The minimum absolute atomic E-state index is 0.0995. The molecule has 0 saturated heterocycles. The highest BCUT2D eigenvalue weighted by atomic mass is 32.2. The van der Waals surface area contributed by atoms with Crippen molar-refractivity contribution in [2.45, 2.75) is 6.04 Å². The third kappa shape index (κ3) is 1.33. The summed E-state index contributed by atoms with van der Waals surface area (Å²) in [7, 11) is -3.42. The Morgan fingerprint density at radius 3 is 2.79 bits per heavy atom. The van der Waals surface area contributed by atoms with Crippen LogP contribution in [0.15, 0.2) is 20.0 Å². The minimum atomic E-state index is -3.42. The number of amidine groups is 1. The van der Waals surface area contributed by atoms with Crippen molar-refractivity contribution in [1.82, 2.24) is 0 Å². The molecular formula is C6H7N5O2S. The van der Waals surface area contributed by atoms with E-state index < -0.39 is 15.9 Å². The molecule has 0 aromatic rings. The third-order valence-electron chi connectivity index (χ3n) is 1.72. The minimum Gasteiger partial charge on any atom is -0.368 e. The van der Waals surface area contributed by atoms with E-state index in [1.807, 2.05) is 0 Å². The molecule has 8 heteroatoms. The van der Waals surface area contributed by atoms with Crippen molar-refractivity contribution in [3.63, 3.8) is 0 Å². The summed E-state index contributed by atoms with van der Waals surface area (Å²) in [6.07, 6.45) is 2.30. The Balaban J connectivity index is 2.57. The third-order valence-corrected chi connectivity index (χ3v) is 2.79. The van der Waals surface area contributed by atoms with Crippen molar-refractivity contribution in [3.05, 3.63) is 0 Å². The quantitative estimate of drug-likeness (QED) is 0.532. The predicted octanol–water partition coefficient (Wildman–Crippen LogP) is -1.43. The highest BCUT2D eigenvalue weighted by molar-refractivity contribution is 8.06. The van der Waals surface area contributed by atoms with Gasteiger partial charge in [0.05, 0.1) is 0 Å². The van der Waals surface area contributed by atoms with Crippen LogP contribution >= 0.6 is 0 Å². The van der Waals surface area contributed by atoms with Crippen LogP contribution in [0, 0.1) is 0 Å². The van der Waals surface area contributed by atoms with E-state index in [-0.39, 0.29) is 16.8 Å². The second-order valence-corrected chi connectivity index (χ2v) is 4.81. The van der Waals surface area contributed by atoms with Crippen molar-refractivity contribution in [1.29, 1.82) is 0 Å². The smallest absolute Gasteiger partial charge is 0.222 e. The van der Waals surface area contributed by atoms with Crippen LogP contribution in [0.3, 0.4) is 0 Å². The molecule has 14 heavy (non-hydrogen) atoms. The second-order valence-electron chi connectivity index (χ2n) is 2.85. The molecule has 0 aromatic carbocycles. The summed E-state index contributed by atoms with van der Waals surface area (Å²) in [6.45, 7) is 0. The van der Waals surface area contributed by atoms with Gasteiger partial charge in [0.15, 0.2) is 26.8 Å². The van der Waals surface area contributed by atoms with Crippen LogP contribution in [0.2, 0.25) is 0 Å². The van der Waals surface area contributed by atoms with Crippen LogP contribution in [-0.2, 0) is 9.84 Å². The summed E-state index contributed by atoms with van der Waals surface area (Å²) in [5.41, 5.74) is 5.34. The van der Waals surface area contributed by atoms with E-state index in [1.165, 1.54) is 6.34 Å². The normalized spacial score (nSPS) is 25.2. The van der Waals surface area contributed by atoms with Gasteiger partial charge >= 0.3 is 0 Å². The summed E-state index contributed by atoms with van der Waals surface area (Å²) >= 11 is 0. The average molecular weight is 213 g/mol. The molecule has 0 radical (unpaired) electrons. The lowest BCUT2D eigenvalue weighted by atomic mass is 10.3. The van der Waals surface area contributed by atoms with E-state index in [2.05, 4.69) is 20.0 Å². The summed E-state index contributed by atoms with van der Waals surface area (Å²) in [5, 5.41) is -0.0995. The zero-order valence-corrected chi connectivity index (χ0v) is 8.06. The van der Waals surface area contributed by atoms with Crippen LogP contribution in [0.25, 0.3) is 0 Å². The van der Waals surface area contributed by atoms with Crippen LogP contribution in [0.1, 0.15) is 0 Å². The number of sulfone groups is 1. The molecule has 0 fully saturated rings. The molecule has 0 bridgehead atoms. The lowest BCUT2D eigenvalue weighted by Crippen LogP contribution is -2.37. The highest BCUT2D eigenvalue weighted by Crippen LogP contribution is 2.13. The number of guanidine groups is 1. The topological polar surface area (TPSA) is 110 Å². The van der Waals surface area contributed by atoms with Gasteiger partial charge in [0, 0.05) is 6.26 Å². The maximum Gasteiger partial charge on any atom is 0.222 e. The molecule has 0 spiro atoms. The van der Waals surface area contributed by atoms with Crippen molar-refractivity contribution >= 4 is 33.0 Å². The van der Waals surface area contributed by atoms with Crippen LogP contribution < -0.4 is 5.73 Å². The van der Waals surface area contributed by atoms with E-state index in [9.17, 15) is 8.42 Å². The SMILES string of the molecule is CS(=O)(=O)C1=NC(N)=NC2=NC=NC21. The van der Waals surface area contributed by atoms with Crippen LogP contribution in [0.4, 0.5) is 0 Å². The first-order chi connectivity index (χ1) is 6.48. The fourth-order valence-electron chi connectivity index (χ4n) is 1.16. The number of fused-ring (bicyclic) bond motifs is 1. The van der Waals surface area contributed by atoms with Gasteiger partial charge < -0.3 is 5.73 Å². The molecule has 1 unspecified atom stereocenters. The van der Waals surface area contributed by atoms with Gasteiger partial charge in [-0.1, -0.05) is 0 Å². The zero-order valence-electron chi connectivity index (χ0n) is 7.25. The van der Waals surface area contributed by atoms with Gasteiger partial charge in [-0.25, -0.2) is 18.4 Å². The standard InChI is InChI=1S/C6H7N5O2S/c1-14(12,13)5-3-4(9-2-8-3)10-6(7)11-5/h2-3H,1H3,(H2,7,8,9,10). The Labute approximate surface area is 80.1 Å². The monoisotopic (exact) mass is 213 g/mol. The second kappa shape index (κ2) is 2.71. The molecule has 2 aliphatic heterocycles. The first-order valence-corrected chi connectivity index (χ1v) is 5.60. The van der Waals surface area contributed by atoms with Gasteiger partial charge in [0.25, 0.3) is 0 Å². The zero-order chi connectivity index (χ0) is 10.3. The number of aliphatic imine (C=N–C) groups is 4. The number of rotatable bonds is 0. The molecule has 7 nitrogen and oxygen atoms in total. The van der Waals surface area contributed by atoms with Gasteiger partial charge in [0.2, 0.25) is 5.96 Å². The number of nitrogens with two attached hydrogens (primary N) is 1. The Bertz CT molecular complexity index is 498. The molecular weight excluding hydrogens is 206 g/mol. The fraction of sp³-hybridized carbons (Fsp3) is 0.333. The molecule has 0 saturated carbocycles. The van der Waals surface area contributed by atoms with Gasteiger partial charge in [-0.2, -0.15) is 4.99 Å². The lowest BCUT2D eigenvalue weighted by Gasteiger charge is -2.13. The highest BCUT2D eigenvalue weighted by Gasteiger charge is 2.34. The lowest BCUT2D eigenvalue weighted by molar-refractivity contribution is 0.611. The van der Waals surface area contributed by atoms with Crippen molar-refractivity contribution in [3.8, 4) is 0 Å². The van der Waals surface area contributed by atoms with E-state index >= 15 is 0 Å². The molecule has 2 aliphatic rings. The molecule has 2 N–H and O–H groups in total. The molecule has 2 rings (SSSR count). The first-order valence-electron chi connectivity index (χ1n) is 3.70. The van der Waals surface area contributed by atoms with Gasteiger partial charge in [-0.05, 0) is 0 Å². The molecule has 0 aliphatic carbocycles. The number of hydrogen-bond donors (Lipinski definition) is 1. The van der Waals surface area contributed by atoms with E-state index in [0.717, 1.165) is 6.26 Å². The fourth-order valence-corrected chi connectivity index (χ4v) is 1.99. The van der Waals surface area contributed by atoms with E-state index in [4.69, 9.17) is 5.73 Å². The summed E-state index contributed by atoms with van der Waals surface area (Å²) in [6, 6.07) is -0.711. The van der Waals surface area contributed by atoms with Gasteiger partial charge in [0.1, 0.15) is 6.34 Å². The number of hydrogen-bond acceptors (Lipinski definition) is 7. The maximum absolute atomic E-state index is 11.3. The van der Waals surface area contributed by atoms with Crippen LogP contribution in [-0.4, -0.2) is 43.9 Å². The van der Waals surface area contributed by atoms with Crippen molar-refractivity contribution in [2.24, 2.45) is 25.7 Å². The molecule has 1 atom stereocenters. The largest absolute Gasteiger partial charge is 0.368 e. The van der Waals surface area contributed by atoms with Crippen molar-refractivity contribution < 1.29 is 8.42 Å². The molecule has 74 valence electrons. The number of nitrogens with zero attached hydrogens (tertiary/aromatic N) is 4. The van der Waals surface area contributed by atoms with Crippen LogP contribution in [0.5, 0.6) is 0 Å². The summed E-state index contributed by atoms with van der Waals surface area (Å²) in [4.78, 5) is 15.1. The Hall–Kier alpha value is -1.57. The summed E-state index contributed by atoms with van der Waals surface area (Å²) in [5.74, 6) is 0.170. The van der Waals surface area contributed by atoms with E-state index in [0.29, 0.717) is 0 Å². The Morgan fingerprint density at radius 1 is 1.43 bits per heavy atom.